The number of nitrogen functional groups attached to an aromatic ring is 1. The number of nitrogens with one attached hydrogen (secondary N) is 1. The molecule has 0 radical (unpaired) electrons. The normalized spacial score (nSPS) is 13.8. The van der Waals surface area contributed by atoms with Crippen LogP contribution >= 0.6 is 0 Å². The molecular weight excluding hydrogens is 210 g/mol. The van der Waals surface area contributed by atoms with Crippen LogP contribution in [-0.2, 0) is 5.41 Å². The molecule has 0 atom stereocenters. The maximum atomic E-state index is 9.16. The molecule has 0 bridgehead atoms. The van der Waals surface area contributed by atoms with E-state index in [1.165, 1.54) is 0 Å². The number of rotatable bonds is 1. The number of nitrogens with zero attached hydrogens (tertiary/aromatic N) is 1. The fourth-order valence-electron chi connectivity index (χ4n) is 1.90. The van der Waals surface area contributed by atoms with Gasteiger partial charge in [-0.2, -0.15) is 5.26 Å². The summed E-state index contributed by atoms with van der Waals surface area (Å²) in [4.78, 5) is 0. The minimum Gasteiger partial charge on any atom is -0.398 e. The highest BCUT2D eigenvalue weighted by molar-refractivity contribution is 5.84. The maximum Gasteiger partial charge on any atom is 0.0767 e. The van der Waals surface area contributed by atoms with Gasteiger partial charge in [0.25, 0.3) is 0 Å². The Hall–Kier alpha value is -2.21. The van der Waals surface area contributed by atoms with Crippen LogP contribution < -0.4 is 11.1 Å². The van der Waals surface area contributed by atoms with Crippen LogP contribution in [0, 0.1) is 11.3 Å². The molecule has 1 aliphatic rings. The molecule has 3 nitrogen and oxygen atoms in total. The zero-order chi connectivity index (χ0) is 12.6. The molecule has 0 aliphatic carbocycles. The van der Waals surface area contributed by atoms with Crippen LogP contribution in [0.3, 0.4) is 0 Å². The lowest BCUT2D eigenvalue weighted by atomic mass is 9.83. The van der Waals surface area contributed by atoms with Gasteiger partial charge < -0.3 is 11.1 Å². The zero-order valence-corrected chi connectivity index (χ0v) is 10.0. The van der Waals surface area contributed by atoms with E-state index in [1.54, 1.807) is 0 Å². The molecule has 17 heavy (non-hydrogen) atoms. The Bertz CT molecular complexity index is 560. The number of hydrogen-bond donors (Lipinski definition) is 2. The average molecular weight is 225 g/mol. The van der Waals surface area contributed by atoms with Gasteiger partial charge in [0.15, 0.2) is 0 Å². The topological polar surface area (TPSA) is 61.8 Å². The lowest BCUT2D eigenvalue weighted by molar-refractivity contribution is 0.687. The van der Waals surface area contributed by atoms with Crippen LogP contribution in [0.4, 0.5) is 5.69 Å². The first-order valence-corrected chi connectivity index (χ1v) is 5.43. The molecule has 0 saturated carbocycles. The van der Waals surface area contributed by atoms with Crippen molar-refractivity contribution in [2.24, 2.45) is 0 Å². The molecule has 0 unspecified atom stereocenters. The third kappa shape index (κ3) is 1.78. The molecule has 0 aromatic heterocycles. The second-order valence-corrected chi connectivity index (χ2v) is 4.72. The van der Waals surface area contributed by atoms with Gasteiger partial charge in [0, 0.05) is 23.1 Å². The molecule has 1 aromatic carbocycles. The van der Waals surface area contributed by atoms with E-state index in [9.17, 15) is 0 Å². The summed E-state index contributed by atoms with van der Waals surface area (Å²) in [6.45, 7) is 7.69. The molecule has 1 heterocycles. The Labute approximate surface area is 101 Å². The number of nitrogens with two attached hydrogens (primary N) is 1. The fourth-order valence-corrected chi connectivity index (χ4v) is 1.90. The highest BCUT2D eigenvalue weighted by atomic mass is 14.9. The standard InChI is InChI=1S/C14H15N3/c1-9-13-10(4-5-17-9)6-11(7-12(13)16)14(2,3)8-15/h4-7,17H,1,16H2,2-3H3. The van der Waals surface area contributed by atoms with Gasteiger partial charge in [-0.1, -0.05) is 6.58 Å². The van der Waals surface area contributed by atoms with Gasteiger partial charge in [-0.3, -0.25) is 0 Å². The summed E-state index contributed by atoms with van der Waals surface area (Å²) < 4.78 is 0. The van der Waals surface area contributed by atoms with Crippen molar-refractivity contribution in [3.8, 4) is 6.07 Å². The van der Waals surface area contributed by atoms with Gasteiger partial charge in [-0.25, -0.2) is 0 Å². The predicted octanol–water partition coefficient (Wildman–Crippen LogP) is 2.61. The first-order valence-electron chi connectivity index (χ1n) is 5.43. The molecule has 0 fully saturated rings. The summed E-state index contributed by atoms with van der Waals surface area (Å²) in [5.41, 5.74) is 9.80. The first kappa shape index (κ1) is 11.3. The second-order valence-electron chi connectivity index (χ2n) is 4.72. The van der Waals surface area contributed by atoms with Crippen molar-refractivity contribution in [2.75, 3.05) is 5.73 Å². The molecule has 3 heteroatoms. The summed E-state index contributed by atoms with van der Waals surface area (Å²) in [6.07, 6.45) is 3.77. The van der Waals surface area contributed by atoms with E-state index in [0.717, 1.165) is 22.4 Å². The summed E-state index contributed by atoms with van der Waals surface area (Å²) >= 11 is 0. The summed E-state index contributed by atoms with van der Waals surface area (Å²) in [5.74, 6) is 0. The van der Waals surface area contributed by atoms with Crippen LogP contribution in [0.5, 0.6) is 0 Å². The van der Waals surface area contributed by atoms with Crippen molar-refractivity contribution in [1.29, 1.82) is 5.26 Å². The van der Waals surface area contributed by atoms with Crippen LogP contribution in [0.2, 0.25) is 0 Å². The van der Waals surface area contributed by atoms with Crippen LogP contribution in [0.15, 0.2) is 24.9 Å². The van der Waals surface area contributed by atoms with Crippen molar-refractivity contribution in [1.82, 2.24) is 5.32 Å². The highest BCUT2D eigenvalue weighted by Crippen LogP contribution is 2.33. The van der Waals surface area contributed by atoms with Gasteiger partial charge in [-0.05, 0) is 43.2 Å². The first-order chi connectivity index (χ1) is 7.95. The van der Waals surface area contributed by atoms with E-state index >= 15 is 0 Å². The summed E-state index contributed by atoms with van der Waals surface area (Å²) in [5, 5.41) is 12.2. The zero-order valence-electron chi connectivity index (χ0n) is 10.0. The predicted molar refractivity (Wildman–Crippen MR) is 70.7 cm³/mol. The third-order valence-corrected chi connectivity index (χ3v) is 3.02. The summed E-state index contributed by atoms with van der Waals surface area (Å²) in [7, 11) is 0. The molecule has 3 N–H and O–H groups in total. The lowest BCUT2D eigenvalue weighted by Gasteiger charge is -2.22. The van der Waals surface area contributed by atoms with Crippen molar-refractivity contribution < 1.29 is 0 Å². The quantitative estimate of drug-likeness (QED) is 0.722. The Morgan fingerprint density at radius 3 is 2.76 bits per heavy atom. The van der Waals surface area contributed by atoms with Gasteiger partial charge in [-0.15, -0.1) is 0 Å². The Morgan fingerprint density at radius 1 is 1.41 bits per heavy atom. The van der Waals surface area contributed by atoms with Gasteiger partial charge in [0.05, 0.1) is 11.5 Å². The Morgan fingerprint density at radius 2 is 2.12 bits per heavy atom. The molecular formula is C14H15N3. The molecule has 2 rings (SSSR count). The van der Waals surface area contributed by atoms with Gasteiger partial charge >= 0.3 is 0 Å². The van der Waals surface area contributed by atoms with Crippen LogP contribution in [0.25, 0.3) is 11.8 Å². The highest BCUT2D eigenvalue weighted by Gasteiger charge is 2.23. The van der Waals surface area contributed by atoms with E-state index in [-0.39, 0.29) is 0 Å². The SMILES string of the molecule is C=C1NC=Cc2cc(C(C)(C)C#N)cc(N)c21. The Kier molecular flexibility index (Phi) is 2.44. The van der Waals surface area contributed by atoms with E-state index < -0.39 is 5.41 Å². The molecule has 86 valence electrons. The lowest BCUT2D eigenvalue weighted by Crippen LogP contribution is -2.17. The Balaban J connectivity index is 2.65. The van der Waals surface area contributed by atoms with E-state index in [2.05, 4.69) is 18.0 Å². The van der Waals surface area contributed by atoms with E-state index in [1.807, 2.05) is 38.3 Å². The maximum absolute atomic E-state index is 9.16. The number of anilines is 1. The van der Waals surface area contributed by atoms with Crippen molar-refractivity contribution >= 4 is 17.5 Å². The fraction of sp³-hybridized carbons (Fsp3) is 0.214. The number of nitriles is 1. The largest absolute Gasteiger partial charge is 0.398 e. The van der Waals surface area contributed by atoms with Crippen LogP contribution in [-0.4, -0.2) is 0 Å². The molecule has 1 aliphatic heterocycles. The van der Waals surface area contributed by atoms with Gasteiger partial charge in [0.2, 0.25) is 0 Å². The van der Waals surface area contributed by atoms with Crippen molar-refractivity contribution in [3.05, 3.63) is 41.6 Å². The van der Waals surface area contributed by atoms with Crippen molar-refractivity contribution in [3.63, 3.8) is 0 Å². The van der Waals surface area contributed by atoms with Gasteiger partial charge in [0.1, 0.15) is 0 Å². The average Bonchev–Trinajstić information content (AvgIpc) is 2.28. The molecule has 0 amide bonds. The summed E-state index contributed by atoms with van der Waals surface area (Å²) in [6, 6.07) is 6.14. The minimum absolute atomic E-state index is 0.538. The molecule has 0 spiro atoms. The van der Waals surface area contributed by atoms with E-state index in [4.69, 9.17) is 11.0 Å². The minimum atomic E-state index is -0.538. The van der Waals surface area contributed by atoms with Crippen LogP contribution in [0.1, 0.15) is 30.5 Å². The van der Waals surface area contributed by atoms with Crippen molar-refractivity contribution in [2.45, 2.75) is 19.3 Å². The third-order valence-electron chi connectivity index (χ3n) is 3.02. The second kappa shape index (κ2) is 3.67. The molecule has 1 aromatic rings. The number of hydrogen-bond acceptors (Lipinski definition) is 3. The smallest absolute Gasteiger partial charge is 0.0767 e. The monoisotopic (exact) mass is 225 g/mol. The van der Waals surface area contributed by atoms with E-state index in [0.29, 0.717) is 5.69 Å². The number of fused-ring (bicyclic) bond motifs is 1. The molecule has 0 saturated heterocycles. The number of benzene rings is 1.